The fraction of sp³-hybridized carbons (Fsp3) is 0. The lowest BCUT2D eigenvalue weighted by molar-refractivity contribution is 0.102. The maximum Gasteiger partial charge on any atom is 0.274 e. The van der Waals surface area contributed by atoms with Crippen LogP contribution in [0.3, 0.4) is 0 Å². The van der Waals surface area contributed by atoms with Crippen molar-refractivity contribution in [1.82, 2.24) is 9.97 Å². The first-order valence-corrected chi connectivity index (χ1v) is 5.46. The van der Waals surface area contributed by atoms with E-state index in [0.29, 0.717) is 10.7 Å². The van der Waals surface area contributed by atoms with E-state index in [4.69, 9.17) is 23.2 Å². The summed E-state index contributed by atoms with van der Waals surface area (Å²) in [5.41, 5.74) is 0.651. The van der Waals surface area contributed by atoms with E-state index in [1.165, 1.54) is 18.5 Å². The molecule has 2 rings (SSSR count). The van der Waals surface area contributed by atoms with E-state index in [1.54, 1.807) is 18.2 Å². The highest BCUT2D eigenvalue weighted by Gasteiger charge is 2.10. The van der Waals surface area contributed by atoms with Crippen LogP contribution in [0.2, 0.25) is 10.2 Å². The molecule has 6 heteroatoms. The molecular formula is C11H7Cl2N3O. The molecule has 0 fully saturated rings. The fourth-order valence-electron chi connectivity index (χ4n) is 1.19. The van der Waals surface area contributed by atoms with Gasteiger partial charge < -0.3 is 5.32 Å². The van der Waals surface area contributed by atoms with Crippen molar-refractivity contribution < 1.29 is 4.79 Å². The van der Waals surface area contributed by atoms with E-state index < -0.39 is 0 Å². The Hall–Kier alpha value is -1.65. The summed E-state index contributed by atoms with van der Waals surface area (Å²) in [5.74, 6) is -0.387. The third-order valence-corrected chi connectivity index (χ3v) is 2.50. The number of amides is 1. The number of aromatic nitrogens is 2. The molecule has 0 aromatic carbocycles. The van der Waals surface area contributed by atoms with Crippen molar-refractivity contribution in [3.05, 3.63) is 52.5 Å². The number of nitrogens with zero attached hydrogens (tertiary/aromatic N) is 2. The molecule has 17 heavy (non-hydrogen) atoms. The number of pyridine rings is 2. The van der Waals surface area contributed by atoms with Crippen LogP contribution in [0.4, 0.5) is 5.69 Å². The average molecular weight is 268 g/mol. The second-order valence-electron chi connectivity index (χ2n) is 3.16. The standard InChI is InChI=1S/C11H7Cl2N3O/c12-7-3-5-14-9(6-7)11(17)16-8-2-1-4-15-10(8)13/h1-6H,(H,16,17). The second-order valence-corrected chi connectivity index (χ2v) is 3.95. The van der Waals surface area contributed by atoms with Crippen molar-refractivity contribution in [1.29, 1.82) is 0 Å². The molecule has 0 atom stereocenters. The summed E-state index contributed by atoms with van der Waals surface area (Å²) in [6, 6.07) is 6.39. The molecule has 1 amide bonds. The summed E-state index contributed by atoms with van der Waals surface area (Å²) in [7, 11) is 0. The van der Waals surface area contributed by atoms with Crippen LogP contribution in [0.15, 0.2) is 36.7 Å². The number of carbonyl (C=O) groups excluding carboxylic acids is 1. The molecule has 0 saturated carbocycles. The molecular weight excluding hydrogens is 261 g/mol. The molecule has 4 nitrogen and oxygen atoms in total. The lowest BCUT2D eigenvalue weighted by atomic mass is 10.3. The van der Waals surface area contributed by atoms with Gasteiger partial charge in [-0.15, -0.1) is 0 Å². The molecule has 0 aliphatic heterocycles. The smallest absolute Gasteiger partial charge is 0.274 e. The molecule has 2 aromatic rings. The highest BCUT2D eigenvalue weighted by Crippen LogP contribution is 2.18. The van der Waals surface area contributed by atoms with Crippen molar-refractivity contribution >= 4 is 34.8 Å². The van der Waals surface area contributed by atoms with Crippen LogP contribution in [-0.2, 0) is 0 Å². The largest absolute Gasteiger partial charge is 0.318 e. The first kappa shape index (κ1) is 11.8. The Kier molecular flexibility index (Phi) is 3.56. The van der Waals surface area contributed by atoms with Gasteiger partial charge in [0.05, 0.1) is 5.69 Å². The highest BCUT2D eigenvalue weighted by atomic mass is 35.5. The second kappa shape index (κ2) is 5.12. The van der Waals surface area contributed by atoms with Crippen LogP contribution in [0, 0.1) is 0 Å². The molecule has 0 aliphatic rings. The van der Waals surface area contributed by atoms with Gasteiger partial charge in [0.2, 0.25) is 0 Å². The van der Waals surface area contributed by atoms with Gasteiger partial charge in [-0.1, -0.05) is 23.2 Å². The van der Waals surface area contributed by atoms with E-state index in [0.717, 1.165) is 0 Å². The molecule has 0 spiro atoms. The molecule has 0 saturated heterocycles. The zero-order valence-corrected chi connectivity index (χ0v) is 10.0. The molecule has 0 bridgehead atoms. The minimum absolute atomic E-state index is 0.220. The molecule has 2 aromatic heterocycles. The summed E-state index contributed by atoms with van der Waals surface area (Å²) in [5, 5.41) is 3.27. The molecule has 0 aliphatic carbocycles. The lowest BCUT2D eigenvalue weighted by Crippen LogP contribution is -2.13. The number of carbonyl (C=O) groups is 1. The minimum atomic E-state index is -0.387. The van der Waals surface area contributed by atoms with Gasteiger partial charge in [-0.2, -0.15) is 0 Å². The van der Waals surface area contributed by atoms with Crippen LogP contribution < -0.4 is 5.32 Å². The summed E-state index contributed by atoms with van der Waals surface area (Å²) >= 11 is 11.6. The van der Waals surface area contributed by atoms with Gasteiger partial charge >= 0.3 is 0 Å². The van der Waals surface area contributed by atoms with Crippen LogP contribution >= 0.6 is 23.2 Å². The maximum absolute atomic E-state index is 11.8. The molecule has 0 radical (unpaired) electrons. The average Bonchev–Trinajstić information content (AvgIpc) is 2.32. The van der Waals surface area contributed by atoms with Gasteiger partial charge in [0.1, 0.15) is 5.69 Å². The quantitative estimate of drug-likeness (QED) is 0.851. The summed E-state index contributed by atoms with van der Waals surface area (Å²) in [4.78, 5) is 19.6. The van der Waals surface area contributed by atoms with Crippen LogP contribution in [0.25, 0.3) is 0 Å². The van der Waals surface area contributed by atoms with Gasteiger partial charge in [-0.05, 0) is 24.3 Å². The predicted octanol–water partition coefficient (Wildman–Crippen LogP) is 3.04. The number of halogens is 2. The Morgan fingerprint density at radius 3 is 2.71 bits per heavy atom. The molecule has 2 heterocycles. The SMILES string of the molecule is O=C(Nc1cccnc1Cl)c1cc(Cl)ccn1. The number of hydrogen-bond donors (Lipinski definition) is 1. The third kappa shape index (κ3) is 2.93. The number of anilines is 1. The van der Waals surface area contributed by atoms with E-state index in [1.807, 2.05) is 0 Å². The Bertz CT molecular complexity index is 560. The minimum Gasteiger partial charge on any atom is -0.318 e. The van der Waals surface area contributed by atoms with Gasteiger partial charge in [0.15, 0.2) is 5.15 Å². The normalized spacial score (nSPS) is 10.0. The van der Waals surface area contributed by atoms with Gasteiger partial charge in [0.25, 0.3) is 5.91 Å². The summed E-state index contributed by atoms with van der Waals surface area (Å²) in [6.45, 7) is 0. The molecule has 86 valence electrons. The number of hydrogen-bond acceptors (Lipinski definition) is 3. The van der Waals surface area contributed by atoms with Crippen molar-refractivity contribution in [2.45, 2.75) is 0 Å². The Balaban J connectivity index is 2.20. The van der Waals surface area contributed by atoms with Crippen molar-refractivity contribution in [2.24, 2.45) is 0 Å². The van der Waals surface area contributed by atoms with Crippen molar-refractivity contribution in [3.8, 4) is 0 Å². The Labute approximate surface area is 108 Å². The Morgan fingerprint density at radius 2 is 2.00 bits per heavy atom. The zero-order chi connectivity index (χ0) is 12.3. The number of rotatable bonds is 2. The van der Waals surface area contributed by atoms with Crippen molar-refractivity contribution in [2.75, 3.05) is 5.32 Å². The predicted molar refractivity (Wildman–Crippen MR) is 66.4 cm³/mol. The first-order chi connectivity index (χ1) is 8.16. The van der Waals surface area contributed by atoms with Gasteiger partial charge in [-0.25, -0.2) is 4.98 Å². The van der Waals surface area contributed by atoms with Crippen molar-refractivity contribution in [3.63, 3.8) is 0 Å². The lowest BCUT2D eigenvalue weighted by Gasteiger charge is -2.05. The van der Waals surface area contributed by atoms with Crippen LogP contribution in [0.5, 0.6) is 0 Å². The van der Waals surface area contributed by atoms with Crippen LogP contribution in [0.1, 0.15) is 10.5 Å². The summed E-state index contributed by atoms with van der Waals surface area (Å²) < 4.78 is 0. The van der Waals surface area contributed by atoms with Gasteiger partial charge in [-0.3, -0.25) is 9.78 Å². The van der Waals surface area contributed by atoms with E-state index in [2.05, 4.69) is 15.3 Å². The van der Waals surface area contributed by atoms with E-state index in [9.17, 15) is 4.79 Å². The summed E-state index contributed by atoms with van der Waals surface area (Å²) in [6.07, 6.45) is 3.00. The van der Waals surface area contributed by atoms with E-state index >= 15 is 0 Å². The Morgan fingerprint density at radius 1 is 1.18 bits per heavy atom. The topological polar surface area (TPSA) is 54.9 Å². The first-order valence-electron chi connectivity index (χ1n) is 4.70. The van der Waals surface area contributed by atoms with E-state index in [-0.39, 0.29) is 16.8 Å². The highest BCUT2D eigenvalue weighted by molar-refractivity contribution is 6.33. The van der Waals surface area contributed by atoms with Crippen LogP contribution in [-0.4, -0.2) is 15.9 Å². The monoisotopic (exact) mass is 267 g/mol. The third-order valence-electron chi connectivity index (χ3n) is 1.96. The zero-order valence-electron chi connectivity index (χ0n) is 8.52. The molecule has 0 unspecified atom stereocenters. The molecule has 1 N–H and O–H groups in total. The number of nitrogens with one attached hydrogen (secondary N) is 1. The van der Waals surface area contributed by atoms with Gasteiger partial charge in [0, 0.05) is 17.4 Å². The fourth-order valence-corrected chi connectivity index (χ4v) is 1.52. The maximum atomic E-state index is 11.8.